The fourth-order valence-corrected chi connectivity index (χ4v) is 4.49. The van der Waals surface area contributed by atoms with Crippen LogP contribution >= 0.6 is 0 Å². The molecule has 6 nitrogen and oxygen atoms in total. The van der Waals surface area contributed by atoms with Crippen LogP contribution < -0.4 is 0 Å². The number of allylic oxidation sites excluding steroid dienone is 1. The van der Waals surface area contributed by atoms with Gasteiger partial charge < -0.3 is 4.90 Å². The number of carbonyl (C=O) groups is 1. The van der Waals surface area contributed by atoms with Gasteiger partial charge in [-0.15, -0.1) is 0 Å². The summed E-state index contributed by atoms with van der Waals surface area (Å²) in [6, 6.07) is 6.90. The maximum absolute atomic E-state index is 13.0. The molecule has 2 heterocycles. The lowest BCUT2D eigenvalue weighted by molar-refractivity contribution is -0.127. The number of carbonyl (C=O) groups excluding carboxylic acids is 1. The number of piperazine rings is 1. The quantitative estimate of drug-likeness (QED) is 0.793. The fourth-order valence-electron chi connectivity index (χ4n) is 2.85. The molecule has 0 N–H and O–H groups in total. The number of aromatic nitrogens is 1. The Morgan fingerprint density at radius 3 is 2.62 bits per heavy atom. The van der Waals surface area contributed by atoms with Gasteiger partial charge in [0.25, 0.3) is 0 Å². The molecule has 0 aliphatic carbocycles. The van der Waals surface area contributed by atoms with Crippen molar-refractivity contribution in [2.24, 2.45) is 0 Å². The fraction of sp³-hybridized carbons (Fsp3) is 0.294. The zero-order chi connectivity index (χ0) is 17.2. The number of hydrogen-bond donors (Lipinski definition) is 0. The molecule has 1 amide bonds. The van der Waals surface area contributed by atoms with Crippen molar-refractivity contribution in [2.75, 3.05) is 26.2 Å². The Balaban J connectivity index is 1.85. The van der Waals surface area contributed by atoms with E-state index in [1.165, 1.54) is 10.4 Å². The van der Waals surface area contributed by atoms with Crippen molar-refractivity contribution in [3.8, 4) is 0 Å². The summed E-state index contributed by atoms with van der Waals surface area (Å²) in [5.41, 5.74) is 0. The van der Waals surface area contributed by atoms with Crippen LogP contribution in [0.15, 0.2) is 53.7 Å². The minimum atomic E-state index is -3.60. The molecule has 24 heavy (non-hydrogen) atoms. The Kier molecular flexibility index (Phi) is 4.64. The third-order valence-corrected chi connectivity index (χ3v) is 6.07. The van der Waals surface area contributed by atoms with Gasteiger partial charge in [-0.2, -0.15) is 4.31 Å². The molecule has 0 radical (unpaired) electrons. The van der Waals surface area contributed by atoms with Crippen LogP contribution in [0.3, 0.4) is 0 Å². The van der Waals surface area contributed by atoms with Gasteiger partial charge in [0.1, 0.15) is 0 Å². The first-order valence-electron chi connectivity index (χ1n) is 7.78. The lowest BCUT2D eigenvalue weighted by atomic mass is 10.2. The molecule has 7 heteroatoms. The summed E-state index contributed by atoms with van der Waals surface area (Å²) in [4.78, 5) is 17.9. The third-order valence-electron chi connectivity index (χ3n) is 4.12. The molecular weight excluding hydrogens is 326 g/mol. The van der Waals surface area contributed by atoms with Gasteiger partial charge in [-0.25, -0.2) is 8.42 Å². The Bertz CT molecular complexity index is 880. The molecular formula is C17H19N3O3S. The summed E-state index contributed by atoms with van der Waals surface area (Å²) in [5, 5.41) is 1.46. The molecule has 0 saturated carbocycles. The highest BCUT2D eigenvalue weighted by Crippen LogP contribution is 2.25. The first-order chi connectivity index (χ1) is 11.5. The monoisotopic (exact) mass is 345 g/mol. The molecule has 0 atom stereocenters. The van der Waals surface area contributed by atoms with Crippen LogP contribution in [0.5, 0.6) is 0 Å². The van der Waals surface area contributed by atoms with Crippen LogP contribution in [0.4, 0.5) is 0 Å². The van der Waals surface area contributed by atoms with Crippen molar-refractivity contribution < 1.29 is 13.2 Å². The average molecular weight is 345 g/mol. The zero-order valence-corrected chi connectivity index (χ0v) is 14.2. The first kappa shape index (κ1) is 16.6. The minimum absolute atomic E-state index is 0.0780. The predicted octanol–water partition coefficient (Wildman–Crippen LogP) is 1.64. The number of sulfonamides is 1. The van der Waals surface area contributed by atoms with Crippen LogP contribution in [0.25, 0.3) is 10.8 Å². The maximum atomic E-state index is 13.0. The summed E-state index contributed by atoms with van der Waals surface area (Å²) in [7, 11) is -3.60. The summed E-state index contributed by atoms with van der Waals surface area (Å²) in [6.45, 7) is 3.18. The normalized spacial score (nSPS) is 16.8. The van der Waals surface area contributed by atoms with Crippen molar-refractivity contribution in [3.05, 3.63) is 48.8 Å². The van der Waals surface area contributed by atoms with Gasteiger partial charge in [-0.1, -0.05) is 18.2 Å². The number of pyridine rings is 1. The van der Waals surface area contributed by atoms with E-state index in [4.69, 9.17) is 0 Å². The van der Waals surface area contributed by atoms with E-state index in [9.17, 15) is 13.2 Å². The molecule has 1 aromatic carbocycles. The van der Waals surface area contributed by atoms with Crippen LogP contribution in [-0.2, 0) is 14.8 Å². The van der Waals surface area contributed by atoms with Crippen molar-refractivity contribution >= 4 is 26.7 Å². The average Bonchev–Trinajstić information content (AvgIpc) is 2.61. The summed E-state index contributed by atoms with van der Waals surface area (Å²) in [6.07, 6.45) is 6.44. The van der Waals surface area contributed by atoms with E-state index >= 15 is 0 Å². The Labute approximate surface area is 141 Å². The number of rotatable bonds is 3. The van der Waals surface area contributed by atoms with E-state index < -0.39 is 10.0 Å². The zero-order valence-electron chi connectivity index (χ0n) is 13.4. The molecule has 1 aromatic heterocycles. The van der Waals surface area contributed by atoms with E-state index in [0.29, 0.717) is 31.6 Å². The molecule has 0 unspecified atom stereocenters. The number of fused-ring (bicyclic) bond motifs is 1. The highest BCUT2D eigenvalue weighted by atomic mass is 32.2. The Morgan fingerprint density at radius 2 is 1.92 bits per heavy atom. The van der Waals surface area contributed by atoms with Crippen LogP contribution in [0.2, 0.25) is 0 Å². The van der Waals surface area contributed by atoms with E-state index in [1.54, 1.807) is 48.5 Å². The molecule has 0 spiro atoms. The van der Waals surface area contributed by atoms with E-state index in [1.807, 2.05) is 6.07 Å². The first-order valence-corrected chi connectivity index (χ1v) is 9.22. The van der Waals surface area contributed by atoms with Crippen LogP contribution in [0.1, 0.15) is 6.92 Å². The second kappa shape index (κ2) is 6.70. The SMILES string of the molecule is C/C=C/C(=O)N1CCN(S(=O)(=O)c2cccc3cnccc23)CC1. The number of hydrogen-bond acceptors (Lipinski definition) is 4. The minimum Gasteiger partial charge on any atom is -0.337 e. The standard InChI is InChI=1S/C17H19N3O3S/c1-2-4-17(21)19-9-11-20(12-10-19)24(22,23)16-6-3-5-14-13-18-8-7-15(14)16/h2-8,13H,9-12H2,1H3/b4-2+. The second-order valence-corrected chi connectivity index (χ2v) is 7.49. The van der Waals surface area contributed by atoms with E-state index in [2.05, 4.69) is 4.98 Å². The van der Waals surface area contributed by atoms with Crippen molar-refractivity contribution in [1.82, 2.24) is 14.2 Å². The molecule has 1 saturated heterocycles. The van der Waals surface area contributed by atoms with E-state index in [-0.39, 0.29) is 10.8 Å². The van der Waals surface area contributed by atoms with Crippen molar-refractivity contribution in [1.29, 1.82) is 0 Å². The molecule has 0 bridgehead atoms. The predicted molar refractivity (Wildman–Crippen MR) is 91.9 cm³/mol. The Hall–Kier alpha value is -2.25. The van der Waals surface area contributed by atoms with Crippen molar-refractivity contribution in [3.63, 3.8) is 0 Å². The van der Waals surface area contributed by atoms with Gasteiger partial charge in [0.15, 0.2) is 0 Å². The molecule has 1 fully saturated rings. The largest absolute Gasteiger partial charge is 0.337 e. The third kappa shape index (κ3) is 3.05. The molecule has 2 aromatic rings. The lowest BCUT2D eigenvalue weighted by Crippen LogP contribution is -2.50. The smallest absolute Gasteiger partial charge is 0.246 e. The lowest BCUT2D eigenvalue weighted by Gasteiger charge is -2.33. The number of amides is 1. The molecule has 1 aliphatic rings. The number of nitrogens with zero attached hydrogens (tertiary/aromatic N) is 3. The molecule has 1 aliphatic heterocycles. The topological polar surface area (TPSA) is 70.6 Å². The van der Waals surface area contributed by atoms with Crippen molar-refractivity contribution in [2.45, 2.75) is 11.8 Å². The molecule has 3 rings (SSSR count). The highest BCUT2D eigenvalue weighted by Gasteiger charge is 2.30. The van der Waals surface area contributed by atoms with Gasteiger partial charge in [0, 0.05) is 49.3 Å². The number of benzene rings is 1. The van der Waals surface area contributed by atoms with Crippen LogP contribution in [-0.4, -0.2) is 54.7 Å². The van der Waals surface area contributed by atoms with Gasteiger partial charge in [0.2, 0.25) is 15.9 Å². The summed E-state index contributed by atoms with van der Waals surface area (Å²) in [5.74, 6) is -0.0780. The van der Waals surface area contributed by atoms with E-state index in [0.717, 1.165) is 5.39 Å². The summed E-state index contributed by atoms with van der Waals surface area (Å²) < 4.78 is 27.4. The maximum Gasteiger partial charge on any atom is 0.246 e. The van der Waals surface area contributed by atoms with Gasteiger partial charge in [-0.3, -0.25) is 9.78 Å². The summed E-state index contributed by atoms with van der Waals surface area (Å²) >= 11 is 0. The highest BCUT2D eigenvalue weighted by molar-refractivity contribution is 7.89. The van der Waals surface area contributed by atoms with Gasteiger partial charge in [-0.05, 0) is 25.1 Å². The van der Waals surface area contributed by atoms with Gasteiger partial charge >= 0.3 is 0 Å². The molecule has 126 valence electrons. The Morgan fingerprint density at radius 1 is 1.17 bits per heavy atom. The van der Waals surface area contributed by atoms with Gasteiger partial charge in [0.05, 0.1) is 4.90 Å². The van der Waals surface area contributed by atoms with Crippen LogP contribution in [0, 0.1) is 0 Å². The second-order valence-electron chi connectivity index (χ2n) is 5.58.